The Morgan fingerprint density at radius 3 is 2.40 bits per heavy atom. The summed E-state index contributed by atoms with van der Waals surface area (Å²) in [5.74, 6) is 1.44. The van der Waals surface area contributed by atoms with Crippen LogP contribution in [0.15, 0.2) is 72.9 Å². The van der Waals surface area contributed by atoms with E-state index in [1.54, 1.807) is 30.3 Å². The lowest BCUT2D eigenvalue weighted by Crippen LogP contribution is -2.49. The zero-order valence-electron chi connectivity index (χ0n) is 16.5. The molecule has 0 atom stereocenters. The van der Waals surface area contributed by atoms with Gasteiger partial charge in [-0.15, -0.1) is 0 Å². The van der Waals surface area contributed by atoms with E-state index in [2.05, 4.69) is 4.98 Å². The molecule has 3 rings (SSSR count). The van der Waals surface area contributed by atoms with E-state index in [0.29, 0.717) is 17.2 Å². The third-order valence-corrected chi connectivity index (χ3v) is 4.26. The van der Waals surface area contributed by atoms with E-state index in [1.807, 2.05) is 42.6 Å². The molecule has 1 aromatic heterocycles. The summed E-state index contributed by atoms with van der Waals surface area (Å²) in [6.07, 6.45) is 1.66. The molecule has 152 valence electrons. The van der Waals surface area contributed by atoms with Gasteiger partial charge in [-0.2, -0.15) is 4.90 Å². The molecule has 0 radical (unpaired) electrons. The van der Waals surface area contributed by atoms with Crippen LogP contribution in [0.1, 0.15) is 5.56 Å². The van der Waals surface area contributed by atoms with Crippen LogP contribution >= 0.6 is 0 Å². The average Bonchev–Trinajstić information content (AvgIpc) is 2.76. The van der Waals surface area contributed by atoms with E-state index in [0.717, 1.165) is 10.5 Å². The summed E-state index contributed by atoms with van der Waals surface area (Å²) in [4.78, 5) is 42.2. The highest BCUT2D eigenvalue weighted by atomic mass is 16.5. The minimum Gasteiger partial charge on any atom is -0.457 e. The first-order valence-electron chi connectivity index (χ1n) is 9.08. The predicted molar refractivity (Wildman–Crippen MR) is 113 cm³/mol. The Hall–Kier alpha value is -4.20. The van der Waals surface area contributed by atoms with Gasteiger partial charge in [0.05, 0.1) is 0 Å². The van der Waals surface area contributed by atoms with Gasteiger partial charge in [-0.3, -0.25) is 15.0 Å². The fourth-order valence-electron chi connectivity index (χ4n) is 2.72. The van der Waals surface area contributed by atoms with Crippen LogP contribution in [0.25, 0.3) is 0 Å². The Morgan fingerprint density at radius 2 is 1.77 bits per heavy atom. The summed E-state index contributed by atoms with van der Waals surface area (Å²) in [5.41, 5.74) is 1.34. The molecule has 1 N–H and O–H groups in total. The van der Waals surface area contributed by atoms with Gasteiger partial charge in [-0.1, -0.05) is 24.3 Å². The second-order valence-corrected chi connectivity index (χ2v) is 6.30. The number of aryl methyl sites for hydroxylation is 1. The van der Waals surface area contributed by atoms with Crippen molar-refractivity contribution in [1.82, 2.24) is 10.3 Å². The molecule has 8 nitrogen and oxygen atoms in total. The van der Waals surface area contributed by atoms with Gasteiger partial charge in [0.1, 0.15) is 17.3 Å². The molecule has 8 heteroatoms. The zero-order chi connectivity index (χ0) is 21.5. The van der Waals surface area contributed by atoms with Gasteiger partial charge in [0, 0.05) is 18.9 Å². The first kappa shape index (κ1) is 20.5. The maximum absolute atomic E-state index is 13.1. The van der Waals surface area contributed by atoms with Crippen molar-refractivity contribution in [3.8, 4) is 11.5 Å². The number of benzene rings is 2. The number of imide groups is 2. The molecule has 0 fully saturated rings. The molecule has 5 amide bonds. The number of urea groups is 2. The molecule has 1 heterocycles. The minimum absolute atomic E-state index is 0.0921. The number of hydrogen-bond acceptors (Lipinski definition) is 5. The molecule has 0 saturated carbocycles. The average molecular weight is 404 g/mol. The number of nitrogens with zero attached hydrogens (tertiary/aromatic N) is 3. The van der Waals surface area contributed by atoms with Crippen LogP contribution in [-0.2, 0) is 4.79 Å². The van der Waals surface area contributed by atoms with Gasteiger partial charge < -0.3 is 4.74 Å². The van der Waals surface area contributed by atoms with Gasteiger partial charge in [-0.25, -0.2) is 14.6 Å². The van der Waals surface area contributed by atoms with Crippen molar-refractivity contribution in [2.75, 3.05) is 16.8 Å². The summed E-state index contributed by atoms with van der Waals surface area (Å²) >= 11 is 0. The maximum atomic E-state index is 13.1. The van der Waals surface area contributed by atoms with Crippen molar-refractivity contribution in [3.63, 3.8) is 0 Å². The summed E-state index contributed by atoms with van der Waals surface area (Å²) < 4.78 is 5.86. The molecular weight excluding hydrogens is 384 g/mol. The molecule has 30 heavy (non-hydrogen) atoms. The quantitative estimate of drug-likeness (QED) is 0.646. The second-order valence-electron chi connectivity index (χ2n) is 6.30. The Bertz CT molecular complexity index is 1040. The fourth-order valence-corrected chi connectivity index (χ4v) is 2.72. The van der Waals surface area contributed by atoms with Crippen LogP contribution in [0.4, 0.5) is 21.1 Å². The molecule has 3 aromatic rings. The summed E-state index contributed by atoms with van der Waals surface area (Å²) in [6.45, 7) is 1.86. The third kappa shape index (κ3) is 4.61. The van der Waals surface area contributed by atoms with Crippen LogP contribution in [0.5, 0.6) is 11.5 Å². The summed E-state index contributed by atoms with van der Waals surface area (Å²) in [5, 5.41) is 1.98. The normalized spacial score (nSPS) is 10.1. The van der Waals surface area contributed by atoms with E-state index < -0.39 is 12.1 Å². The Morgan fingerprint density at radius 1 is 1.03 bits per heavy atom. The number of ether oxygens (including phenoxy) is 1. The SMILES string of the molecule is Cc1cc(N(C)C(=O)N(C(=O)NC=O)c2ccccn2)ccc1Oc1ccccc1. The van der Waals surface area contributed by atoms with Crippen LogP contribution in [-0.4, -0.2) is 30.5 Å². The number of amides is 5. The Kier molecular flexibility index (Phi) is 6.39. The van der Waals surface area contributed by atoms with E-state index in [9.17, 15) is 14.4 Å². The number of carbonyl (C=O) groups excluding carboxylic acids is 3. The van der Waals surface area contributed by atoms with Crippen LogP contribution in [0, 0.1) is 6.92 Å². The van der Waals surface area contributed by atoms with Crippen LogP contribution in [0.3, 0.4) is 0 Å². The minimum atomic E-state index is -0.902. The summed E-state index contributed by atoms with van der Waals surface area (Å²) in [7, 11) is 1.53. The van der Waals surface area contributed by atoms with E-state index in [4.69, 9.17) is 4.74 Å². The van der Waals surface area contributed by atoms with Gasteiger partial charge in [0.25, 0.3) is 0 Å². The van der Waals surface area contributed by atoms with E-state index in [-0.39, 0.29) is 12.2 Å². The molecule has 0 unspecified atom stereocenters. The molecule has 0 spiro atoms. The molecule has 0 bridgehead atoms. The van der Waals surface area contributed by atoms with Gasteiger partial charge in [0.15, 0.2) is 0 Å². The lowest BCUT2D eigenvalue weighted by Gasteiger charge is -2.26. The van der Waals surface area contributed by atoms with Crippen molar-refractivity contribution in [2.24, 2.45) is 0 Å². The Balaban J connectivity index is 1.85. The van der Waals surface area contributed by atoms with Crippen molar-refractivity contribution in [1.29, 1.82) is 0 Å². The molecule has 0 aliphatic heterocycles. The van der Waals surface area contributed by atoms with Gasteiger partial charge in [-0.05, 0) is 55.0 Å². The van der Waals surface area contributed by atoms with Crippen molar-refractivity contribution < 1.29 is 19.1 Å². The highest BCUT2D eigenvalue weighted by Crippen LogP contribution is 2.29. The van der Waals surface area contributed by atoms with Crippen LogP contribution in [0.2, 0.25) is 0 Å². The summed E-state index contributed by atoms with van der Waals surface area (Å²) in [6, 6.07) is 17.8. The topological polar surface area (TPSA) is 91.8 Å². The molecule has 0 aliphatic rings. The number of hydrogen-bond donors (Lipinski definition) is 1. The molecule has 2 aromatic carbocycles. The molecular formula is C22H20N4O4. The third-order valence-electron chi connectivity index (χ3n) is 4.26. The maximum Gasteiger partial charge on any atom is 0.338 e. The number of para-hydroxylation sites is 1. The lowest BCUT2D eigenvalue weighted by molar-refractivity contribution is -0.108. The second kappa shape index (κ2) is 9.33. The monoisotopic (exact) mass is 404 g/mol. The van der Waals surface area contributed by atoms with E-state index in [1.165, 1.54) is 24.2 Å². The number of rotatable bonds is 5. The first-order chi connectivity index (χ1) is 14.5. The molecule has 0 saturated heterocycles. The number of carbonyl (C=O) groups is 3. The number of aromatic nitrogens is 1. The standard InChI is InChI=1S/C22H20N4O4/c1-16-14-17(11-12-19(16)30-18-8-4-3-5-9-18)25(2)22(29)26(21(28)24-15-27)20-10-6-7-13-23-20/h3-15H,1-2H3,(H,24,27,28). The zero-order valence-corrected chi connectivity index (χ0v) is 16.5. The fraction of sp³-hybridized carbons (Fsp3) is 0.0909. The lowest BCUT2D eigenvalue weighted by atomic mass is 10.2. The van der Waals surface area contributed by atoms with Crippen LogP contribution < -0.4 is 19.9 Å². The highest BCUT2D eigenvalue weighted by molar-refractivity contribution is 6.19. The molecule has 0 aliphatic carbocycles. The first-order valence-corrected chi connectivity index (χ1v) is 9.08. The smallest absolute Gasteiger partial charge is 0.338 e. The van der Waals surface area contributed by atoms with Crippen molar-refractivity contribution >= 4 is 30.0 Å². The van der Waals surface area contributed by atoms with Crippen molar-refractivity contribution in [2.45, 2.75) is 6.92 Å². The largest absolute Gasteiger partial charge is 0.457 e. The number of anilines is 2. The number of nitrogens with one attached hydrogen (secondary N) is 1. The Labute approximate surface area is 173 Å². The highest BCUT2D eigenvalue weighted by Gasteiger charge is 2.28. The predicted octanol–water partition coefficient (Wildman–Crippen LogP) is 4.11. The van der Waals surface area contributed by atoms with Gasteiger partial charge >= 0.3 is 12.1 Å². The van der Waals surface area contributed by atoms with Crippen molar-refractivity contribution in [3.05, 3.63) is 78.5 Å². The van der Waals surface area contributed by atoms with Gasteiger partial charge in [0.2, 0.25) is 6.41 Å². The van der Waals surface area contributed by atoms with E-state index >= 15 is 0 Å². The number of pyridine rings is 1.